The molecule has 3 aromatic rings. The molecule has 146 valence electrons. The van der Waals surface area contributed by atoms with Gasteiger partial charge in [-0.05, 0) is 47.9 Å². The van der Waals surface area contributed by atoms with Crippen molar-refractivity contribution in [1.29, 1.82) is 0 Å². The summed E-state index contributed by atoms with van der Waals surface area (Å²) in [6, 6.07) is 16.1. The van der Waals surface area contributed by atoms with E-state index in [0.29, 0.717) is 24.4 Å². The zero-order valence-corrected chi connectivity index (χ0v) is 16.9. The van der Waals surface area contributed by atoms with Crippen molar-refractivity contribution in [2.24, 2.45) is 0 Å². The second-order valence-electron chi connectivity index (χ2n) is 7.14. The predicted octanol–water partition coefficient (Wildman–Crippen LogP) is 4.01. The van der Waals surface area contributed by atoms with Gasteiger partial charge in [0, 0.05) is 5.02 Å². The fourth-order valence-corrected chi connectivity index (χ4v) is 6.03. The molecule has 4 rings (SSSR count). The van der Waals surface area contributed by atoms with Gasteiger partial charge in [-0.15, -0.1) is 10.2 Å². The van der Waals surface area contributed by atoms with Gasteiger partial charge in [-0.25, -0.2) is 8.42 Å². The van der Waals surface area contributed by atoms with Gasteiger partial charge < -0.3 is 0 Å². The summed E-state index contributed by atoms with van der Waals surface area (Å²) in [5.74, 6) is 0.290. The third-order valence-corrected chi connectivity index (χ3v) is 8.09. The maximum atomic E-state index is 13.6. The van der Waals surface area contributed by atoms with Crippen LogP contribution < -0.4 is 0 Å². The molecule has 0 unspecified atom stereocenters. The van der Waals surface area contributed by atoms with Gasteiger partial charge in [0.25, 0.3) is 0 Å². The summed E-state index contributed by atoms with van der Waals surface area (Å²) in [6.07, 6.45) is 3.64. The molecule has 0 amide bonds. The number of nitrogens with zero attached hydrogens (tertiary/aromatic N) is 4. The fourth-order valence-electron chi connectivity index (χ4n) is 3.81. The number of sulfone groups is 1. The number of aromatic nitrogens is 4. The third kappa shape index (κ3) is 3.44. The highest BCUT2D eigenvalue weighted by Gasteiger charge is 2.50. The molecule has 0 bridgehead atoms. The zero-order chi connectivity index (χ0) is 19.6. The van der Waals surface area contributed by atoms with Crippen molar-refractivity contribution in [1.82, 2.24) is 20.2 Å². The minimum absolute atomic E-state index is 0.248. The highest BCUT2D eigenvalue weighted by atomic mass is 35.5. The normalized spacial score (nSPS) is 16.8. The van der Waals surface area contributed by atoms with Crippen LogP contribution in [0.2, 0.25) is 5.02 Å². The number of hydrogen-bond donors (Lipinski definition) is 0. The fraction of sp³-hybridized carbons (Fsp3) is 0.350. The predicted molar refractivity (Wildman–Crippen MR) is 107 cm³/mol. The number of rotatable bonds is 5. The van der Waals surface area contributed by atoms with E-state index >= 15 is 0 Å². The second-order valence-corrected chi connectivity index (χ2v) is 9.84. The summed E-state index contributed by atoms with van der Waals surface area (Å²) >= 11 is 5.95. The van der Waals surface area contributed by atoms with E-state index in [1.54, 1.807) is 24.3 Å². The Morgan fingerprint density at radius 2 is 1.64 bits per heavy atom. The Bertz CT molecular complexity index is 1040. The maximum absolute atomic E-state index is 13.6. The van der Waals surface area contributed by atoms with Crippen molar-refractivity contribution in [3.05, 3.63) is 71.0 Å². The average Bonchev–Trinajstić information content (AvgIpc) is 3.18. The molecule has 1 saturated carbocycles. The molecule has 1 fully saturated rings. The van der Waals surface area contributed by atoms with Crippen LogP contribution in [0.1, 0.15) is 43.5 Å². The van der Waals surface area contributed by atoms with E-state index in [4.69, 9.17) is 11.6 Å². The van der Waals surface area contributed by atoms with E-state index < -0.39 is 14.6 Å². The van der Waals surface area contributed by atoms with Gasteiger partial charge in [-0.1, -0.05) is 61.2 Å². The van der Waals surface area contributed by atoms with E-state index in [1.807, 2.05) is 30.3 Å². The Labute approximate surface area is 169 Å². The molecule has 1 heterocycles. The Morgan fingerprint density at radius 3 is 2.32 bits per heavy atom. The minimum Gasteiger partial charge on any atom is -0.223 e. The average molecular weight is 417 g/mol. The van der Waals surface area contributed by atoms with Gasteiger partial charge >= 0.3 is 0 Å². The Kier molecular flexibility index (Phi) is 5.21. The number of benzene rings is 2. The molecule has 28 heavy (non-hydrogen) atoms. The van der Waals surface area contributed by atoms with Crippen LogP contribution >= 0.6 is 11.6 Å². The molecule has 8 heteroatoms. The van der Waals surface area contributed by atoms with Gasteiger partial charge in [0.15, 0.2) is 15.7 Å². The van der Waals surface area contributed by atoms with Crippen molar-refractivity contribution in [3.63, 3.8) is 0 Å². The van der Waals surface area contributed by atoms with Crippen LogP contribution in [-0.2, 0) is 21.1 Å². The van der Waals surface area contributed by atoms with Crippen LogP contribution in [0.15, 0.2) is 59.5 Å². The van der Waals surface area contributed by atoms with E-state index in [2.05, 4.69) is 15.4 Å². The van der Waals surface area contributed by atoms with Gasteiger partial charge in [-0.2, -0.15) is 4.80 Å². The SMILES string of the molecule is O=S(=O)(c1ccc(Cl)cc1)C1(c2nnn(Cc3ccccc3)n2)CCCCC1. The van der Waals surface area contributed by atoms with Crippen LogP contribution in [0.4, 0.5) is 0 Å². The second kappa shape index (κ2) is 7.64. The van der Waals surface area contributed by atoms with Crippen LogP contribution in [0.25, 0.3) is 0 Å². The molecular weight excluding hydrogens is 396 g/mol. The smallest absolute Gasteiger partial charge is 0.196 e. The third-order valence-electron chi connectivity index (χ3n) is 5.33. The van der Waals surface area contributed by atoms with E-state index in [1.165, 1.54) is 4.80 Å². The summed E-state index contributed by atoms with van der Waals surface area (Å²) in [5, 5.41) is 13.3. The summed E-state index contributed by atoms with van der Waals surface area (Å²) in [6.45, 7) is 0.449. The number of halogens is 1. The molecule has 0 saturated heterocycles. The van der Waals surface area contributed by atoms with E-state index in [-0.39, 0.29) is 10.7 Å². The van der Waals surface area contributed by atoms with Gasteiger partial charge in [0.2, 0.25) is 0 Å². The van der Waals surface area contributed by atoms with Crippen LogP contribution in [-0.4, -0.2) is 28.6 Å². The van der Waals surface area contributed by atoms with Crippen LogP contribution in [0, 0.1) is 0 Å². The monoisotopic (exact) mass is 416 g/mol. The molecule has 1 aromatic heterocycles. The zero-order valence-electron chi connectivity index (χ0n) is 15.3. The standard InChI is InChI=1S/C20H21ClN4O2S/c21-17-9-11-18(12-10-17)28(26,27)20(13-5-2-6-14-20)19-22-24-25(23-19)15-16-7-3-1-4-8-16/h1,3-4,7-12H,2,5-6,13-15H2. The molecule has 0 spiro atoms. The maximum Gasteiger partial charge on any atom is 0.196 e. The highest BCUT2D eigenvalue weighted by molar-refractivity contribution is 7.92. The molecule has 0 N–H and O–H groups in total. The first-order chi connectivity index (χ1) is 13.5. The first kappa shape index (κ1) is 19.1. The van der Waals surface area contributed by atoms with Crippen molar-refractivity contribution >= 4 is 21.4 Å². The molecule has 2 aromatic carbocycles. The molecule has 0 aliphatic heterocycles. The quantitative estimate of drug-likeness (QED) is 0.628. The van der Waals surface area contributed by atoms with Gasteiger partial charge in [-0.3, -0.25) is 0 Å². The number of hydrogen-bond acceptors (Lipinski definition) is 5. The van der Waals surface area contributed by atoms with Crippen molar-refractivity contribution in [2.45, 2.75) is 48.3 Å². The minimum atomic E-state index is -3.69. The lowest BCUT2D eigenvalue weighted by Crippen LogP contribution is -2.39. The first-order valence-electron chi connectivity index (χ1n) is 9.34. The van der Waals surface area contributed by atoms with Crippen molar-refractivity contribution in [2.75, 3.05) is 0 Å². The lowest BCUT2D eigenvalue weighted by Gasteiger charge is -2.33. The Morgan fingerprint density at radius 1 is 0.964 bits per heavy atom. The van der Waals surface area contributed by atoms with Crippen LogP contribution in [0.5, 0.6) is 0 Å². The van der Waals surface area contributed by atoms with Gasteiger partial charge in [0.05, 0.1) is 11.4 Å². The highest BCUT2D eigenvalue weighted by Crippen LogP contribution is 2.45. The molecular formula is C20H21ClN4O2S. The first-order valence-corrected chi connectivity index (χ1v) is 11.2. The Balaban J connectivity index is 1.73. The summed E-state index contributed by atoms with van der Waals surface area (Å²) in [4.78, 5) is 1.72. The Hall–Kier alpha value is -2.25. The summed E-state index contributed by atoms with van der Waals surface area (Å²) in [5.41, 5.74) is 1.03. The van der Waals surface area contributed by atoms with E-state index in [9.17, 15) is 8.42 Å². The van der Waals surface area contributed by atoms with E-state index in [0.717, 1.165) is 24.8 Å². The topological polar surface area (TPSA) is 77.7 Å². The molecule has 6 nitrogen and oxygen atoms in total. The summed E-state index contributed by atoms with van der Waals surface area (Å²) in [7, 11) is -3.69. The largest absolute Gasteiger partial charge is 0.223 e. The lowest BCUT2D eigenvalue weighted by molar-refractivity contribution is 0.364. The number of tetrazole rings is 1. The van der Waals surface area contributed by atoms with Crippen LogP contribution in [0.3, 0.4) is 0 Å². The van der Waals surface area contributed by atoms with Crippen molar-refractivity contribution < 1.29 is 8.42 Å². The van der Waals surface area contributed by atoms with Gasteiger partial charge in [0.1, 0.15) is 4.75 Å². The molecule has 1 aliphatic rings. The molecule has 0 radical (unpaired) electrons. The van der Waals surface area contributed by atoms with Crippen molar-refractivity contribution in [3.8, 4) is 0 Å². The molecule has 1 aliphatic carbocycles. The lowest BCUT2D eigenvalue weighted by atomic mass is 9.88. The molecule has 0 atom stereocenters. The summed E-state index contributed by atoms with van der Waals surface area (Å²) < 4.78 is 26.1.